The Bertz CT molecular complexity index is 538. The number of fused-ring (bicyclic) bond motifs is 1. The summed E-state index contributed by atoms with van der Waals surface area (Å²) in [5, 5.41) is 4.81. The van der Waals surface area contributed by atoms with Crippen LogP contribution in [0.4, 0.5) is 0 Å². The van der Waals surface area contributed by atoms with E-state index in [4.69, 9.17) is 0 Å². The van der Waals surface area contributed by atoms with Gasteiger partial charge in [-0.15, -0.1) is 0 Å². The SMILES string of the molecule is Cn1cc(Br)c2cc(C3CCCNC3)ccc21. The van der Waals surface area contributed by atoms with Crippen LogP contribution >= 0.6 is 15.9 Å². The van der Waals surface area contributed by atoms with Gasteiger partial charge >= 0.3 is 0 Å². The van der Waals surface area contributed by atoms with E-state index in [9.17, 15) is 0 Å². The molecule has 17 heavy (non-hydrogen) atoms. The lowest BCUT2D eigenvalue weighted by Crippen LogP contribution is -2.28. The first-order chi connectivity index (χ1) is 8.25. The summed E-state index contributed by atoms with van der Waals surface area (Å²) < 4.78 is 3.36. The minimum atomic E-state index is 0.681. The maximum Gasteiger partial charge on any atom is 0.0489 e. The fraction of sp³-hybridized carbons (Fsp3) is 0.429. The van der Waals surface area contributed by atoms with E-state index in [0.717, 1.165) is 6.54 Å². The molecule has 1 N–H and O–H groups in total. The molecule has 0 radical (unpaired) electrons. The van der Waals surface area contributed by atoms with Gasteiger partial charge in [0.25, 0.3) is 0 Å². The topological polar surface area (TPSA) is 17.0 Å². The van der Waals surface area contributed by atoms with Crippen LogP contribution in [-0.2, 0) is 7.05 Å². The average Bonchev–Trinajstić information content (AvgIpc) is 2.66. The number of benzene rings is 1. The van der Waals surface area contributed by atoms with Crippen LogP contribution < -0.4 is 5.32 Å². The lowest BCUT2D eigenvalue weighted by atomic mass is 9.91. The first-order valence-electron chi connectivity index (χ1n) is 6.21. The van der Waals surface area contributed by atoms with E-state index < -0.39 is 0 Å². The number of nitrogens with zero attached hydrogens (tertiary/aromatic N) is 1. The van der Waals surface area contributed by atoms with Gasteiger partial charge in [0.15, 0.2) is 0 Å². The van der Waals surface area contributed by atoms with E-state index in [-0.39, 0.29) is 0 Å². The van der Waals surface area contributed by atoms with Crippen molar-refractivity contribution >= 4 is 26.8 Å². The lowest BCUT2D eigenvalue weighted by molar-refractivity contribution is 0.462. The van der Waals surface area contributed by atoms with Crippen LogP contribution in [0, 0.1) is 0 Å². The second-order valence-corrected chi connectivity index (χ2v) is 5.76. The third kappa shape index (κ3) is 2.02. The summed E-state index contributed by atoms with van der Waals surface area (Å²) in [6, 6.07) is 6.87. The molecule has 2 aromatic rings. The maximum absolute atomic E-state index is 3.64. The molecule has 0 spiro atoms. The molecule has 0 saturated carbocycles. The van der Waals surface area contributed by atoms with Crippen molar-refractivity contribution in [2.75, 3.05) is 13.1 Å². The summed E-state index contributed by atoms with van der Waals surface area (Å²) in [4.78, 5) is 0. The van der Waals surface area contributed by atoms with Crippen LogP contribution in [0.25, 0.3) is 10.9 Å². The molecular weight excluding hydrogens is 276 g/mol. The highest BCUT2D eigenvalue weighted by Gasteiger charge is 2.16. The minimum absolute atomic E-state index is 0.681. The molecule has 0 aliphatic carbocycles. The van der Waals surface area contributed by atoms with Crippen LogP contribution in [-0.4, -0.2) is 17.7 Å². The smallest absolute Gasteiger partial charge is 0.0489 e. The molecule has 1 aromatic carbocycles. The molecule has 2 nitrogen and oxygen atoms in total. The predicted octanol–water partition coefficient (Wildman–Crippen LogP) is 3.41. The van der Waals surface area contributed by atoms with E-state index in [1.54, 1.807) is 0 Å². The lowest BCUT2D eigenvalue weighted by Gasteiger charge is -2.23. The van der Waals surface area contributed by atoms with Gasteiger partial charge in [-0.3, -0.25) is 0 Å². The van der Waals surface area contributed by atoms with Crippen LogP contribution in [0.15, 0.2) is 28.9 Å². The average molecular weight is 293 g/mol. The number of hydrogen-bond donors (Lipinski definition) is 1. The van der Waals surface area contributed by atoms with Crippen molar-refractivity contribution in [2.45, 2.75) is 18.8 Å². The van der Waals surface area contributed by atoms with Gasteiger partial charge in [0.2, 0.25) is 0 Å². The van der Waals surface area contributed by atoms with Crippen molar-refractivity contribution in [2.24, 2.45) is 7.05 Å². The van der Waals surface area contributed by atoms with Gasteiger partial charge in [-0.1, -0.05) is 6.07 Å². The molecule has 3 rings (SSSR count). The number of hydrogen-bond acceptors (Lipinski definition) is 1. The molecule has 1 aliphatic rings. The van der Waals surface area contributed by atoms with E-state index >= 15 is 0 Å². The Labute approximate surface area is 110 Å². The highest BCUT2D eigenvalue weighted by Crippen LogP contribution is 2.30. The van der Waals surface area contributed by atoms with E-state index in [1.165, 1.54) is 40.3 Å². The monoisotopic (exact) mass is 292 g/mol. The van der Waals surface area contributed by atoms with Crippen LogP contribution in [0.2, 0.25) is 0 Å². The van der Waals surface area contributed by atoms with Gasteiger partial charge in [0.05, 0.1) is 0 Å². The molecule has 90 valence electrons. The van der Waals surface area contributed by atoms with Crippen molar-refractivity contribution in [1.29, 1.82) is 0 Å². The van der Waals surface area contributed by atoms with Crippen LogP contribution in [0.3, 0.4) is 0 Å². The minimum Gasteiger partial charge on any atom is -0.349 e. The van der Waals surface area contributed by atoms with Crippen LogP contribution in [0.5, 0.6) is 0 Å². The van der Waals surface area contributed by atoms with Gasteiger partial charge in [-0.05, 0) is 58.9 Å². The van der Waals surface area contributed by atoms with Gasteiger partial charge in [-0.25, -0.2) is 0 Å². The fourth-order valence-electron chi connectivity index (χ4n) is 2.75. The molecule has 1 aliphatic heterocycles. The Morgan fingerprint density at radius 1 is 1.41 bits per heavy atom. The van der Waals surface area contributed by atoms with Crippen LogP contribution in [0.1, 0.15) is 24.3 Å². The summed E-state index contributed by atoms with van der Waals surface area (Å²) in [5.41, 5.74) is 2.76. The summed E-state index contributed by atoms with van der Waals surface area (Å²) in [6.45, 7) is 2.30. The number of nitrogens with one attached hydrogen (secondary N) is 1. The molecule has 0 amide bonds. The normalized spacial score (nSPS) is 20.9. The second kappa shape index (κ2) is 4.46. The number of piperidine rings is 1. The Morgan fingerprint density at radius 2 is 2.29 bits per heavy atom. The highest BCUT2D eigenvalue weighted by molar-refractivity contribution is 9.10. The molecule has 1 saturated heterocycles. The highest BCUT2D eigenvalue weighted by atomic mass is 79.9. The van der Waals surface area contributed by atoms with Crippen molar-refractivity contribution < 1.29 is 0 Å². The quantitative estimate of drug-likeness (QED) is 0.852. The zero-order valence-electron chi connectivity index (χ0n) is 10.0. The maximum atomic E-state index is 3.64. The Hall–Kier alpha value is -0.800. The molecule has 3 heteroatoms. The molecular formula is C14H17BrN2. The third-order valence-corrected chi connectivity index (χ3v) is 4.37. The fourth-order valence-corrected chi connectivity index (χ4v) is 3.38. The van der Waals surface area contributed by atoms with Gasteiger partial charge in [0.1, 0.15) is 0 Å². The van der Waals surface area contributed by atoms with Crippen molar-refractivity contribution in [3.05, 3.63) is 34.4 Å². The Morgan fingerprint density at radius 3 is 3.06 bits per heavy atom. The Balaban J connectivity index is 2.03. The number of halogens is 1. The molecule has 1 atom stereocenters. The summed E-state index contributed by atoms with van der Waals surface area (Å²) >= 11 is 3.64. The van der Waals surface area contributed by atoms with Crippen molar-refractivity contribution in [3.63, 3.8) is 0 Å². The zero-order valence-corrected chi connectivity index (χ0v) is 11.6. The number of aromatic nitrogens is 1. The molecule has 1 unspecified atom stereocenters. The first-order valence-corrected chi connectivity index (χ1v) is 7.00. The van der Waals surface area contributed by atoms with Crippen molar-refractivity contribution in [3.8, 4) is 0 Å². The molecule has 1 aromatic heterocycles. The zero-order chi connectivity index (χ0) is 11.8. The van der Waals surface area contributed by atoms with Gasteiger partial charge < -0.3 is 9.88 Å². The molecule has 0 bridgehead atoms. The summed E-state index contributed by atoms with van der Waals surface area (Å²) in [5.74, 6) is 0.681. The van der Waals surface area contributed by atoms with E-state index in [0.29, 0.717) is 5.92 Å². The van der Waals surface area contributed by atoms with Gasteiger partial charge in [-0.2, -0.15) is 0 Å². The number of rotatable bonds is 1. The Kier molecular flexibility index (Phi) is 2.97. The van der Waals surface area contributed by atoms with E-state index in [1.807, 2.05) is 0 Å². The first kappa shape index (κ1) is 11.3. The predicted molar refractivity (Wildman–Crippen MR) is 75.5 cm³/mol. The summed E-state index contributed by atoms with van der Waals surface area (Å²) in [6.07, 6.45) is 4.73. The number of aryl methyl sites for hydroxylation is 1. The third-order valence-electron chi connectivity index (χ3n) is 3.73. The second-order valence-electron chi connectivity index (χ2n) is 4.91. The summed E-state index contributed by atoms with van der Waals surface area (Å²) in [7, 11) is 2.09. The van der Waals surface area contributed by atoms with Crippen molar-refractivity contribution in [1.82, 2.24) is 9.88 Å². The van der Waals surface area contributed by atoms with Gasteiger partial charge in [0, 0.05) is 35.2 Å². The molecule has 1 fully saturated rings. The standard InChI is InChI=1S/C14H17BrN2/c1-17-9-13(15)12-7-10(4-5-14(12)17)11-3-2-6-16-8-11/h4-5,7,9,11,16H,2-3,6,8H2,1H3. The van der Waals surface area contributed by atoms with E-state index in [2.05, 4.69) is 57.3 Å². The molecule has 2 heterocycles. The largest absolute Gasteiger partial charge is 0.349 e.